The lowest BCUT2D eigenvalue weighted by Crippen LogP contribution is -2.66. The Hall–Kier alpha value is -0.870. The first kappa shape index (κ1) is 28.3. The minimum atomic E-state index is -0.0725. The molecule has 0 spiro atoms. The molecule has 4 aliphatic carbocycles. The summed E-state index contributed by atoms with van der Waals surface area (Å²) in [7, 11) is 0. The van der Waals surface area contributed by atoms with Crippen molar-refractivity contribution in [3.63, 3.8) is 0 Å². The number of nitrogens with two attached hydrogens (primary N) is 1. The molecule has 2 N–H and O–H groups in total. The maximum atomic E-state index is 13.2. The van der Waals surface area contributed by atoms with Gasteiger partial charge in [0.1, 0.15) is 6.10 Å². The summed E-state index contributed by atoms with van der Waals surface area (Å²) in [5.41, 5.74) is 9.70. The molecule has 7 rings (SSSR count). The second-order valence-electron chi connectivity index (χ2n) is 16.1. The zero-order valence-electron chi connectivity index (χ0n) is 25.9. The van der Waals surface area contributed by atoms with Gasteiger partial charge >= 0.3 is 5.97 Å². The highest BCUT2D eigenvalue weighted by molar-refractivity contribution is 5.73. The van der Waals surface area contributed by atoms with Crippen LogP contribution in [0.1, 0.15) is 118 Å². The molecular weight excluding hydrogens is 480 g/mol. The molecule has 9 atom stereocenters. The Labute approximate surface area is 239 Å². The van der Waals surface area contributed by atoms with Crippen molar-refractivity contribution in [3.05, 3.63) is 11.6 Å². The Morgan fingerprint density at radius 3 is 2.49 bits per heavy atom. The van der Waals surface area contributed by atoms with Crippen LogP contribution in [0.25, 0.3) is 0 Å². The standard InChI is InChI=1S/C35H58N2O2/c1-23(2)7-6-8-24(3)29-9-10-30-34(29,5)17-13-31-33(4)16-12-27(21-26(33)11-18-35(30,31)36)39-32(38)28-22-37-19-14-25(28)15-20-37/h11,23-25,27-31H,6-10,12-22,36H2,1-5H3/t24-,27+,28?,29-,30-,31-,33+,34?,35?/m1/s1. The van der Waals surface area contributed by atoms with Crippen molar-refractivity contribution in [2.45, 2.75) is 130 Å². The number of nitrogens with zero attached hydrogens (tertiary/aromatic N) is 1. The molecule has 39 heavy (non-hydrogen) atoms. The number of esters is 1. The van der Waals surface area contributed by atoms with E-state index in [1.54, 1.807) is 5.57 Å². The molecule has 0 amide bonds. The van der Waals surface area contributed by atoms with Gasteiger partial charge in [0, 0.05) is 18.5 Å². The zero-order valence-corrected chi connectivity index (χ0v) is 25.9. The molecule has 220 valence electrons. The van der Waals surface area contributed by atoms with Gasteiger partial charge in [-0.25, -0.2) is 0 Å². The lowest BCUT2D eigenvalue weighted by molar-refractivity contribution is -0.163. The summed E-state index contributed by atoms with van der Waals surface area (Å²) < 4.78 is 6.27. The van der Waals surface area contributed by atoms with E-state index >= 15 is 0 Å². The molecule has 0 aromatic carbocycles. The van der Waals surface area contributed by atoms with Crippen molar-refractivity contribution >= 4 is 5.97 Å². The number of carbonyl (C=O) groups excluding carboxylic acids is 1. The lowest BCUT2D eigenvalue weighted by atomic mass is 9.44. The van der Waals surface area contributed by atoms with Crippen LogP contribution in [0, 0.1) is 52.3 Å². The number of rotatable bonds is 7. The van der Waals surface area contributed by atoms with Crippen LogP contribution in [-0.4, -0.2) is 42.1 Å². The topological polar surface area (TPSA) is 55.6 Å². The van der Waals surface area contributed by atoms with Crippen LogP contribution < -0.4 is 5.73 Å². The van der Waals surface area contributed by atoms with Crippen molar-refractivity contribution in [1.29, 1.82) is 0 Å². The highest BCUT2D eigenvalue weighted by Crippen LogP contribution is 2.68. The average molecular weight is 539 g/mol. The lowest BCUT2D eigenvalue weighted by Gasteiger charge is -2.63. The van der Waals surface area contributed by atoms with E-state index in [9.17, 15) is 4.79 Å². The first-order valence-corrected chi connectivity index (χ1v) is 17.0. The van der Waals surface area contributed by atoms with Crippen LogP contribution >= 0.6 is 0 Å². The first-order valence-electron chi connectivity index (χ1n) is 17.0. The molecular formula is C35H58N2O2. The van der Waals surface area contributed by atoms with Crippen molar-refractivity contribution < 1.29 is 9.53 Å². The van der Waals surface area contributed by atoms with Gasteiger partial charge in [0.2, 0.25) is 0 Å². The molecule has 3 saturated carbocycles. The van der Waals surface area contributed by atoms with Crippen LogP contribution in [0.5, 0.6) is 0 Å². The minimum Gasteiger partial charge on any atom is -0.462 e. The second-order valence-corrected chi connectivity index (χ2v) is 16.1. The van der Waals surface area contributed by atoms with E-state index < -0.39 is 0 Å². The SMILES string of the molecule is CC(C)CCC[C@@H](C)[C@H]1CC[C@@H]2C1(C)CC[C@H]1C2(N)CC=C2C[C@@H](OC(=O)C3CN4CCC3CC4)CC[C@@]21C. The van der Waals surface area contributed by atoms with Gasteiger partial charge in [0.15, 0.2) is 0 Å². The molecule has 4 heteroatoms. The Bertz CT molecular complexity index is 952. The second kappa shape index (κ2) is 10.4. The monoisotopic (exact) mass is 538 g/mol. The van der Waals surface area contributed by atoms with Crippen LogP contribution in [0.2, 0.25) is 0 Å². The third-order valence-electron chi connectivity index (χ3n) is 13.7. The Kier molecular flexibility index (Phi) is 7.57. The summed E-state index contributed by atoms with van der Waals surface area (Å²) in [6.45, 7) is 15.7. The molecule has 0 aromatic heterocycles. The van der Waals surface area contributed by atoms with Crippen LogP contribution in [-0.2, 0) is 9.53 Å². The van der Waals surface area contributed by atoms with E-state index in [0.717, 1.165) is 50.0 Å². The van der Waals surface area contributed by atoms with Crippen molar-refractivity contribution in [2.75, 3.05) is 19.6 Å². The van der Waals surface area contributed by atoms with E-state index in [4.69, 9.17) is 10.5 Å². The van der Waals surface area contributed by atoms with Gasteiger partial charge in [0.05, 0.1) is 5.92 Å². The fourth-order valence-corrected chi connectivity index (χ4v) is 11.5. The summed E-state index contributed by atoms with van der Waals surface area (Å²) in [4.78, 5) is 15.7. The molecule has 6 fully saturated rings. The van der Waals surface area contributed by atoms with Gasteiger partial charge in [-0.1, -0.05) is 65.5 Å². The number of piperidine rings is 3. The third-order valence-corrected chi connectivity index (χ3v) is 13.7. The molecule has 7 aliphatic rings. The van der Waals surface area contributed by atoms with E-state index in [-0.39, 0.29) is 28.9 Å². The molecule has 0 radical (unpaired) electrons. The van der Waals surface area contributed by atoms with Gasteiger partial charge in [-0.05, 0) is 117 Å². The number of hydrogen-bond acceptors (Lipinski definition) is 4. The first-order chi connectivity index (χ1) is 18.5. The van der Waals surface area contributed by atoms with Crippen molar-refractivity contribution in [3.8, 4) is 0 Å². The predicted octanol–water partition coefficient (Wildman–Crippen LogP) is 7.36. The number of ether oxygens (including phenoxy) is 1. The summed E-state index contributed by atoms with van der Waals surface area (Å²) in [6.07, 6.45) is 18.5. The summed E-state index contributed by atoms with van der Waals surface area (Å²) in [5, 5.41) is 0. The largest absolute Gasteiger partial charge is 0.462 e. The van der Waals surface area contributed by atoms with Crippen molar-refractivity contribution in [1.82, 2.24) is 4.90 Å². The van der Waals surface area contributed by atoms with E-state index in [2.05, 4.69) is 45.6 Å². The summed E-state index contributed by atoms with van der Waals surface area (Å²) >= 11 is 0. The zero-order chi connectivity index (χ0) is 27.6. The average Bonchev–Trinajstić information content (AvgIpc) is 3.27. The predicted molar refractivity (Wildman–Crippen MR) is 159 cm³/mol. The quantitative estimate of drug-likeness (QED) is 0.272. The van der Waals surface area contributed by atoms with Crippen LogP contribution in [0.3, 0.4) is 0 Å². The molecule has 0 aromatic rings. The third kappa shape index (κ3) is 4.76. The van der Waals surface area contributed by atoms with Gasteiger partial charge < -0.3 is 15.4 Å². The smallest absolute Gasteiger partial charge is 0.310 e. The number of carbonyl (C=O) groups is 1. The van der Waals surface area contributed by atoms with Gasteiger partial charge in [-0.15, -0.1) is 0 Å². The molecule has 4 nitrogen and oxygen atoms in total. The van der Waals surface area contributed by atoms with Gasteiger partial charge in [-0.3, -0.25) is 4.79 Å². The molecule has 3 unspecified atom stereocenters. The fraction of sp³-hybridized carbons (Fsp3) is 0.914. The number of hydrogen-bond donors (Lipinski definition) is 1. The highest BCUT2D eigenvalue weighted by atomic mass is 16.5. The molecule has 2 bridgehead atoms. The Morgan fingerprint density at radius 2 is 1.79 bits per heavy atom. The van der Waals surface area contributed by atoms with E-state index in [1.807, 2.05) is 0 Å². The van der Waals surface area contributed by atoms with Crippen molar-refractivity contribution in [2.24, 2.45) is 58.0 Å². The molecule has 3 saturated heterocycles. The number of fused-ring (bicyclic) bond motifs is 8. The fourth-order valence-electron chi connectivity index (χ4n) is 11.5. The maximum Gasteiger partial charge on any atom is 0.310 e. The minimum absolute atomic E-state index is 0.0639. The molecule has 3 heterocycles. The summed E-state index contributed by atoms with van der Waals surface area (Å²) in [5.74, 6) is 4.41. The Balaban J connectivity index is 1.13. The van der Waals surface area contributed by atoms with Crippen LogP contribution in [0.4, 0.5) is 0 Å². The molecule has 3 aliphatic heterocycles. The highest BCUT2D eigenvalue weighted by Gasteiger charge is 2.64. The van der Waals surface area contributed by atoms with E-state index in [1.165, 1.54) is 70.9 Å². The van der Waals surface area contributed by atoms with Crippen LogP contribution in [0.15, 0.2) is 11.6 Å². The normalized spacial score (nSPS) is 47.7. The van der Waals surface area contributed by atoms with Gasteiger partial charge in [0.25, 0.3) is 0 Å². The van der Waals surface area contributed by atoms with E-state index in [0.29, 0.717) is 23.2 Å². The Morgan fingerprint density at radius 1 is 1.03 bits per heavy atom. The maximum absolute atomic E-state index is 13.2. The summed E-state index contributed by atoms with van der Waals surface area (Å²) in [6, 6.07) is 0. The van der Waals surface area contributed by atoms with Gasteiger partial charge in [-0.2, -0.15) is 0 Å².